The third-order valence-electron chi connectivity index (χ3n) is 6.14. The molecule has 0 saturated carbocycles. The molecule has 0 unspecified atom stereocenters. The van der Waals surface area contributed by atoms with Crippen LogP contribution in [0.15, 0.2) is 49.2 Å². The maximum absolute atomic E-state index is 15.0. The summed E-state index contributed by atoms with van der Waals surface area (Å²) in [6, 6.07) is 8.13. The number of carbonyl (C=O) groups excluding carboxylic acids is 3. The lowest BCUT2D eigenvalue weighted by molar-refractivity contribution is -0.134. The van der Waals surface area contributed by atoms with E-state index in [2.05, 4.69) is 16.5 Å². The van der Waals surface area contributed by atoms with Crippen LogP contribution in [0.5, 0.6) is 0 Å². The predicted molar refractivity (Wildman–Crippen MR) is 125 cm³/mol. The van der Waals surface area contributed by atoms with E-state index in [1.165, 1.54) is 28.9 Å². The Morgan fingerprint density at radius 2 is 1.94 bits per heavy atom. The minimum Gasteiger partial charge on any atom is -0.423 e. The molecule has 3 heterocycles. The first-order chi connectivity index (χ1) is 16.3. The molecule has 178 valence electrons. The number of halogens is 1. The highest BCUT2D eigenvalue weighted by atomic mass is 19.1. The van der Waals surface area contributed by atoms with Gasteiger partial charge in [-0.2, -0.15) is 0 Å². The summed E-state index contributed by atoms with van der Waals surface area (Å²) in [5.41, 5.74) is 1.31. The van der Waals surface area contributed by atoms with Gasteiger partial charge in [0.05, 0.1) is 12.2 Å². The average molecular weight is 468 g/mol. The molecule has 2 aliphatic heterocycles. The third-order valence-corrected chi connectivity index (χ3v) is 6.14. The van der Waals surface area contributed by atoms with Gasteiger partial charge in [-0.25, -0.2) is 14.2 Å². The quantitative estimate of drug-likeness (QED) is 0.628. The normalized spacial score (nSPS) is 18.0. The molecular weight excluding hydrogens is 441 g/mol. The second kappa shape index (κ2) is 9.50. The number of nitrogens with zero attached hydrogens (tertiary/aromatic N) is 5. The number of hydrogen-bond acceptors (Lipinski definition) is 6. The molecule has 34 heavy (non-hydrogen) atoms. The van der Waals surface area contributed by atoms with Crippen molar-refractivity contribution in [1.29, 1.82) is 0 Å². The molecular formula is C24H26FN5O4. The Kier molecular flexibility index (Phi) is 6.49. The van der Waals surface area contributed by atoms with Crippen molar-refractivity contribution in [3.63, 3.8) is 0 Å². The number of aromatic nitrogens is 1. The summed E-state index contributed by atoms with van der Waals surface area (Å²) in [6.45, 7) is 7.51. The van der Waals surface area contributed by atoms with Gasteiger partial charge in [0.2, 0.25) is 11.8 Å². The number of pyridine rings is 1. The molecule has 0 bridgehead atoms. The Morgan fingerprint density at radius 3 is 2.53 bits per heavy atom. The maximum atomic E-state index is 15.0. The van der Waals surface area contributed by atoms with E-state index in [-0.39, 0.29) is 18.4 Å². The number of amides is 3. The SMILES string of the molecule is C=CC(=O)N1CCN(c2ccc(-c3ccc(N4C[C@@H](N(C)C(C)=O)OC4=O)cc3F)cn2)CC1. The second-order valence-corrected chi connectivity index (χ2v) is 8.16. The van der Waals surface area contributed by atoms with E-state index in [1.807, 2.05) is 6.07 Å². The summed E-state index contributed by atoms with van der Waals surface area (Å²) < 4.78 is 20.2. The van der Waals surface area contributed by atoms with Crippen molar-refractivity contribution < 1.29 is 23.5 Å². The van der Waals surface area contributed by atoms with Gasteiger partial charge in [0.25, 0.3) is 0 Å². The molecule has 1 atom stereocenters. The first kappa shape index (κ1) is 23.2. The van der Waals surface area contributed by atoms with E-state index in [4.69, 9.17) is 4.74 Å². The largest absolute Gasteiger partial charge is 0.423 e. The molecule has 0 aliphatic carbocycles. The molecule has 0 N–H and O–H groups in total. The fourth-order valence-corrected chi connectivity index (χ4v) is 3.99. The van der Waals surface area contributed by atoms with E-state index < -0.39 is 18.1 Å². The average Bonchev–Trinajstić information content (AvgIpc) is 3.24. The lowest BCUT2D eigenvalue weighted by Gasteiger charge is -2.34. The van der Waals surface area contributed by atoms with Crippen molar-refractivity contribution in [3.05, 3.63) is 55.0 Å². The molecule has 0 radical (unpaired) electrons. The number of rotatable bonds is 5. The minimum atomic E-state index is -0.721. The van der Waals surface area contributed by atoms with Crippen LogP contribution in [0, 0.1) is 5.82 Å². The molecule has 9 nitrogen and oxygen atoms in total. The summed E-state index contributed by atoms with van der Waals surface area (Å²) in [5.74, 6) is -0.0542. The van der Waals surface area contributed by atoms with Crippen molar-refractivity contribution in [3.8, 4) is 11.1 Å². The van der Waals surface area contributed by atoms with Crippen molar-refractivity contribution >= 4 is 29.4 Å². The lowest BCUT2D eigenvalue weighted by Crippen LogP contribution is -2.48. The molecule has 2 aliphatic rings. The highest BCUT2D eigenvalue weighted by Crippen LogP contribution is 2.30. The number of piperazine rings is 1. The Labute approximate surface area is 197 Å². The van der Waals surface area contributed by atoms with Gasteiger partial charge in [-0.1, -0.05) is 6.58 Å². The summed E-state index contributed by atoms with van der Waals surface area (Å²) in [5, 5.41) is 0. The van der Waals surface area contributed by atoms with Gasteiger partial charge < -0.3 is 19.4 Å². The number of likely N-dealkylation sites (N-methyl/N-ethyl adjacent to an activating group) is 1. The van der Waals surface area contributed by atoms with Crippen LogP contribution in [0.4, 0.5) is 20.7 Å². The first-order valence-corrected chi connectivity index (χ1v) is 10.9. The molecule has 1 aromatic heterocycles. The molecule has 0 spiro atoms. The van der Waals surface area contributed by atoms with Crippen molar-refractivity contribution in [1.82, 2.24) is 14.8 Å². The number of benzene rings is 1. The summed E-state index contributed by atoms with van der Waals surface area (Å²) in [7, 11) is 1.55. The van der Waals surface area contributed by atoms with Crippen LogP contribution < -0.4 is 9.80 Å². The maximum Gasteiger partial charge on any atom is 0.416 e. The van der Waals surface area contributed by atoms with Crippen LogP contribution in [0.2, 0.25) is 0 Å². The van der Waals surface area contributed by atoms with Gasteiger partial charge in [0, 0.05) is 57.5 Å². The Hall–Kier alpha value is -3.95. The van der Waals surface area contributed by atoms with Crippen molar-refractivity contribution in [2.45, 2.75) is 13.2 Å². The smallest absolute Gasteiger partial charge is 0.416 e. The molecule has 1 aromatic carbocycles. The highest BCUT2D eigenvalue weighted by molar-refractivity contribution is 5.90. The number of hydrogen-bond donors (Lipinski definition) is 0. The van der Waals surface area contributed by atoms with E-state index in [0.29, 0.717) is 43.0 Å². The van der Waals surface area contributed by atoms with Gasteiger partial charge in [0.15, 0.2) is 6.23 Å². The summed E-state index contributed by atoms with van der Waals surface area (Å²) >= 11 is 0. The van der Waals surface area contributed by atoms with Crippen LogP contribution in [0.1, 0.15) is 6.92 Å². The zero-order valence-electron chi connectivity index (χ0n) is 19.1. The Bertz CT molecular complexity index is 1110. The van der Waals surface area contributed by atoms with E-state index >= 15 is 0 Å². The second-order valence-electron chi connectivity index (χ2n) is 8.16. The minimum absolute atomic E-state index is 0.0783. The van der Waals surface area contributed by atoms with Crippen molar-refractivity contribution in [2.75, 3.05) is 49.6 Å². The molecule has 10 heteroatoms. The summed E-state index contributed by atoms with van der Waals surface area (Å²) in [4.78, 5) is 46.4. The van der Waals surface area contributed by atoms with Crippen LogP contribution in [-0.2, 0) is 14.3 Å². The molecule has 2 saturated heterocycles. The Balaban J connectivity index is 1.44. The number of cyclic esters (lactones) is 1. The van der Waals surface area contributed by atoms with E-state index in [1.54, 1.807) is 36.3 Å². The van der Waals surface area contributed by atoms with Crippen molar-refractivity contribution in [2.24, 2.45) is 0 Å². The molecule has 2 aromatic rings. The molecule has 3 amide bonds. The van der Waals surface area contributed by atoms with E-state index in [0.717, 1.165) is 5.82 Å². The first-order valence-electron chi connectivity index (χ1n) is 10.9. The van der Waals surface area contributed by atoms with Crippen LogP contribution in [-0.4, -0.2) is 78.7 Å². The van der Waals surface area contributed by atoms with Gasteiger partial charge in [-0.3, -0.25) is 14.5 Å². The molecule has 2 fully saturated rings. The Morgan fingerprint density at radius 1 is 1.21 bits per heavy atom. The fraction of sp³-hybridized carbons (Fsp3) is 0.333. The fourth-order valence-electron chi connectivity index (χ4n) is 3.99. The topological polar surface area (TPSA) is 86.3 Å². The number of anilines is 2. The van der Waals surface area contributed by atoms with Gasteiger partial charge in [-0.05, 0) is 36.4 Å². The van der Waals surface area contributed by atoms with Crippen LogP contribution in [0.3, 0.4) is 0 Å². The third kappa shape index (κ3) is 4.57. The number of ether oxygens (including phenoxy) is 1. The highest BCUT2D eigenvalue weighted by Gasteiger charge is 2.36. The summed E-state index contributed by atoms with van der Waals surface area (Å²) in [6.07, 6.45) is 1.57. The zero-order chi connectivity index (χ0) is 24.4. The zero-order valence-corrected chi connectivity index (χ0v) is 19.1. The lowest BCUT2D eigenvalue weighted by atomic mass is 10.1. The molecule has 4 rings (SSSR count). The van der Waals surface area contributed by atoms with Crippen LogP contribution in [0.25, 0.3) is 11.1 Å². The monoisotopic (exact) mass is 467 g/mol. The number of carbonyl (C=O) groups is 3. The predicted octanol–water partition coefficient (Wildman–Crippen LogP) is 2.48. The van der Waals surface area contributed by atoms with E-state index in [9.17, 15) is 18.8 Å². The van der Waals surface area contributed by atoms with Gasteiger partial charge in [-0.15, -0.1) is 0 Å². The standard InChI is InChI=1S/C24H26FN5O4/c1-4-22(32)29-11-9-28(10-12-29)21-8-5-17(14-26-21)19-7-6-18(13-20(19)25)30-15-23(34-24(30)33)27(3)16(2)31/h4-8,13-14,23H,1,9-12,15H2,2-3H3/t23-/m0/s1. The van der Waals surface area contributed by atoms with Gasteiger partial charge >= 0.3 is 6.09 Å². The van der Waals surface area contributed by atoms with Crippen LogP contribution >= 0.6 is 0 Å². The van der Waals surface area contributed by atoms with Gasteiger partial charge in [0.1, 0.15) is 11.6 Å².